The maximum atomic E-state index is 14.2. The molecule has 214 valence electrons. The van der Waals surface area contributed by atoms with E-state index in [-0.39, 0.29) is 46.7 Å². The van der Waals surface area contributed by atoms with Crippen molar-refractivity contribution in [2.45, 2.75) is 105 Å². The second kappa shape index (κ2) is 10.4. The molecule has 2 amide bonds. The summed E-state index contributed by atoms with van der Waals surface area (Å²) >= 11 is 0. The number of benzene rings is 1. The Morgan fingerprint density at radius 3 is 2.46 bits per heavy atom. The molecule has 4 aliphatic carbocycles. The van der Waals surface area contributed by atoms with Crippen LogP contribution in [0.25, 0.3) is 0 Å². The summed E-state index contributed by atoms with van der Waals surface area (Å²) in [6, 6.07) is 9.70. The Kier molecular flexibility index (Phi) is 7.54. The standard InChI is InChI=1S/C34H50N2O3/c1-22(31(39)36(24-10-8-7-9-11-24)21-30(38)35-32(2,3)4)27-14-15-28-26-13-12-23-20-25(37)16-18-33(23,5)29(26)17-19-34(27,28)6/h7-12,22,25-29,37H,13-21H2,1-6H3,(H,35,38)/t22-,25-,26-,27+,28-,29-,33-,34+/m0/s1. The van der Waals surface area contributed by atoms with Crippen LogP contribution in [0.1, 0.15) is 92.9 Å². The van der Waals surface area contributed by atoms with Crippen LogP contribution in [0.2, 0.25) is 0 Å². The molecule has 2 N–H and O–H groups in total. The molecular weight excluding hydrogens is 484 g/mol. The van der Waals surface area contributed by atoms with Gasteiger partial charge in [-0.2, -0.15) is 0 Å². The first-order valence-corrected chi connectivity index (χ1v) is 15.4. The number of hydrogen-bond donors (Lipinski definition) is 2. The van der Waals surface area contributed by atoms with Gasteiger partial charge < -0.3 is 15.3 Å². The van der Waals surface area contributed by atoms with Crippen LogP contribution in [-0.4, -0.2) is 35.1 Å². The summed E-state index contributed by atoms with van der Waals surface area (Å²) in [5.74, 6) is 2.11. The van der Waals surface area contributed by atoms with Gasteiger partial charge in [0.2, 0.25) is 11.8 Å². The van der Waals surface area contributed by atoms with E-state index >= 15 is 0 Å². The van der Waals surface area contributed by atoms with Gasteiger partial charge in [-0.15, -0.1) is 0 Å². The number of nitrogens with zero attached hydrogens (tertiary/aromatic N) is 1. The molecule has 39 heavy (non-hydrogen) atoms. The van der Waals surface area contributed by atoms with E-state index in [2.05, 4.69) is 32.2 Å². The van der Waals surface area contributed by atoms with Crippen LogP contribution in [0.15, 0.2) is 42.0 Å². The lowest BCUT2D eigenvalue weighted by Crippen LogP contribution is -2.52. The molecule has 5 rings (SSSR count). The van der Waals surface area contributed by atoms with Gasteiger partial charge in [0.25, 0.3) is 0 Å². The Bertz CT molecular complexity index is 1110. The first kappa shape index (κ1) is 28.4. The normalized spacial score (nSPS) is 36.6. The Labute approximate surface area is 235 Å². The Morgan fingerprint density at radius 2 is 1.77 bits per heavy atom. The fourth-order valence-corrected chi connectivity index (χ4v) is 9.43. The van der Waals surface area contributed by atoms with E-state index in [0.29, 0.717) is 23.7 Å². The van der Waals surface area contributed by atoms with Crippen molar-refractivity contribution in [2.24, 2.45) is 40.4 Å². The Balaban J connectivity index is 1.37. The zero-order chi connectivity index (χ0) is 28.2. The molecule has 8 atom stereocenters. The quantitative estimate of drug-likeness (QED) is 0.423. The van der Waals surface area contributed by atoms with Crippen molar-refractivity contribution in [1.29, 1.82) is 0 Å². The highest BCUT2D eigenvalue weighted by Gasteiger charge is 2.60. The number of rotatable bonds is 5. The summed E-state index contributed by atoms with van der Waals surface area (Å²) in [5, 5.41) is 13.4. The van der Waals surface area contributed by atoms with Crippen LogP contribution in [-0.2, 0) is 9.59 Å². The first-order chi connectivity index (χ1) is 18.3. The molecule has 5 heteroatoms. The number of hydrogen-bond acceptors (Lipinski definition) is 3. The van der Waals surface area contributed by atoms with Crippen molar-refractivity contribution in [1.82, 2.24) is 5.32 Å². The maximum absolute atomic E-state index is 14.2. The summed E-state index contributed by atoms with van der Waals surface area (Å²) < 4.78 is 0. The van der Waals surface area contributed by atoms with Crippen molar-refractivity contribution in [3.63, 3.8) is 0 Å². The van der Waals surface area contributed by atoms with Gasteiger partial charge in [-0.3, -0.25) is 9.59 Å². The predicted molar refractivity (Wildman–Crippen MR) is 157 cm³/mol. The zero-order valence-electron chi connectivity index (χ0n) is 25.0. The molecule has 3 fully saturated rings. The third-order valence-electron chi connectivity index (χ3n) is 11.3. The van der Waals surface area contributed by atoms with E-state index in [0.717, 1.165) is 37.8 Å². The third kappa shape index (κ3) is 5.21. The van der Waals surface area contributed by atoms with E-state index in [9.17, 15) is 14.7 Å². The lowest BCUT2D eigenvalue weighted by atomic mass is 9.47. The molecule has 4 aliphatic rings. The van der Waals surface area contributed by atoms with Crippen LogP contribution < -0.4 is 10.2 Å². The lowest BCUT2D eigenvalue weighted by Gasteiger charge is -2.58. The molecule has 1 aromatic carbocycles. The van der Waals surface area contributed by atoms with Crippen molar-refractivity contribution in [2.75, 3.05) is 11.4 Å². The molecule has 0 aromatic heterocycles. The number of carbonyl (C=O) groups is 2. The van der Waals surface area contributed by atoms with Crippen LogP contribution in [0, 0.1) is 40.4 Å². The van der Waals surface area contributed by atoms with Crippen LogP contribution >= 0.6 is 0 Å². The number of aliphatic hydroxyl groups is 1. The van der Waals surface area contributed by atoms with Gasteiger partial charge in [0, 0.05) is 17.1 Å². The smallest absolute Gasteiger partial charge is 0.240 e. The topological polar surface area (TPSA) is 69.6 Å². The number of amides is 2. The molecule has 0 bridgehead atoms. The number of aliphatic hydroxyl groups excluding tert-OH is 1. The number of allylic oxidation sites excluding steroid dienone is 1. The van der Waals surface area contributed by atoms with Crippen LogP contribution in [0.5, 0.6) is 0 Å². The zero-order valence-corrected chi connectivity index (χ0v) is 25.0. The molecule has 3 saturated carbocycles. The molecular formula is C34H50N2O3. The molecule has 0 radical (unpaired) electrons. The highest BCUT2D eigenvalue weighted by Crippen LogP contribution is 2.67. The van der Waals surface area contributed by atoms with Crippen molar-refractivity contribution >= 4 is 17.5 Å². The Hall–Kier alpha value is -2.14. The Morgan fingerprint density at radius 1 is 1.05 bits per heavy atom. The highest BCUT2D eigenvalue weighted by atomic mass is 16.3. The largest absolute Gasteiger partial charge is 0.393 e. The number of anilines is 1. The molecule has 0 spiro atoms. The van der Waals surface area contributed by atoms with Crippen LogP contribution in [0.3, 0.4) is 0 Å². The van der Waals surface area contributed by atoms with Crippen molar-refractivity contribution < 1.29 is 14.7 Å². The van der Waals surface area contributed by atoms with Gasteiger partial charge >= 0.3 is 0 Å². The van der Waals surface area contributed by atoms with Crippen LogP contribution in [0.4, 0.5) is 5.69 Å². The fraction of sp³-hybridized carbons (Fsp3) is 0.706. The first-order valence-electron chi connectivity index (χ1n) is 15.4. The minimum atomic E-state index is -0.347. The summed E-state index contributed by atoms with van der Waals surface area (Å²) in [4.78, 5) is 28.9. The third-order valence-corrected chi connectivity index (χ3v) is 11.3. The molecule has 0 saturated heterocycles. The monoisotopic (exact) mass is 534 g/mol. The summed E-state index contributed by atoms with van der Waals surface area (Å²) in [5.41, 5.74) is 2.33. The maximum Gasteiger partial charge on any atom is 0.240 e. The molecule has 0 aliphatic heterocycles. The molecule has 1 aromatic rings. The van der Waals surface area contributed by atoms with Crippen molar-refractivity contribution in [3.8, 4) is 0 Å². The van der Waals surface area contributed by atoms with E-state index in [4.69, 9.17) is 0 Å². The van der Waals surface area contributed by atoms with E-state index < -0.39 is 0 Å². The van der Waals surface area contributed by atoms with E-state index in [1.165, 1.54) is 24.8 Å². The van der Waals surface area contributed by atoms with Crippen molar-refractivity contribution in [3.05, 3.63) is 42.0 Å². The van der Waals surface area contributed by atoms with E-state index in [1.54, 1.807) is 4.90 Å². The fourth-order valence-electron chi connectivity index (χ4n) is 9.43. The molecule has 5 nitrogen and oxygen atoms in total. The predicted octanol–water partition coefficient (Wildman–Crippen LogP) is 6.51. The minimum Gasteiger partial charge on any atom is -0.393 e. The summed E-state index contributed by atoms with van der Waals surface area (Å²) in [6.07, 6.45) is 11.0. The summed E-state index contributed by atoms with van der Waals surface area (Å²) in [7, 11) is 0. The van der Waals surface area contributed by atoms with Gasteiger partial charge in [0.15, 0.2) is 0 Å². The van der Waals surface area contributed by atoms with E-state index in [1.807, 2.05) is 51.1 Å². The highest BCUT2D eigenvalue weighted by molar-refractivity contribution is 6.00. The van der Waals surface area contributed by atoms with Gasteiger partial charge in [0.1, 0.15) is 6.54 Å². The second-order valence-electron chi connectivity index (χ2n) is 14.7. The minimum absolute atomic E-state index is 0.0415. The average Bonchev–Trinajstić information content (AvgIpc) is 3.23. The van der Waals surface area contributed by atoms with Gasteiger partial charge in [-0.1, -0.05) is 50.6 Å². The summed E-state index contributed by atoms with van der Waals surface area (Å²) in [6.45, 7) is 13.0. The second-order valence-corrected chi connectivity index (χ2v) is 14.7. The molecule has 0 heterocycles. The number of nitrogens with one attached hydrogen (secondary N) is 1. The van der Waals surface area contributed by atoms with Gasteiger partial charge in [0.05, 0.1) is 6.10 Å². The number of para-hydroxylation sites is 1. The average molecular weight is 535 g/mol. The number of fused-ring (bicyclic) bond motifs is 5. The lowest BCUT2D eigenvalue weighted by molar-refractivity contribution is -0.129. The number of carbonyl (C=O) groups excluding carboxylic acids is 2. The SMILES string of the molecule is C[C@H](C(=O)N(CC(=O)NC(C)(C)C)c1ccccc1)[C@H]1CC[C@H]2[C@@H]3CC=C4C[C@@H](O)CC[C@]4(C)[C@H]3CC[C@]12C. The molecule has 0 unspecified atom stereocenters. The van der Waals surface area contributed by atoms with Gasteiger partial charge in [-0.05, 0) is 119 Å². The van der Waals surface area contributed by atoms with Gasteiger partial charge in [-0.25, -0.2) is 0 Å².